The van der Waals surface area contributed by atoms with E-state index in [1.807, 2.05) is 36.4 Å². The van der Waals surface area contributed by atoms with E-state index in [4.69, 9.17) is 0 Å². The summed E-state index contributed by atoms with van der Waals surface area (Å²) in [6.07, 6.45) is 0.611. The van der Waals surface area contributed by atoms with Gasteiger partial charge in [-0.25, -0.2) is 4.98 Å². The van der Waals surface area contributed by atoms with Crippen molar-refractivity contribution in [2.75, 3.05) is 16.8 Å². The van der Waals surface area contributed by atoms with Crippen LogP contribution in [0.1, 0.15) is 6.42 Å². The zero-order valence-electron chi connectivity index (χ0n) is 9.84. The van der Waals surface area contributed by atoms with E-state index >= 15 is 0 Å². The van der Waals surface area contributed by atoms with Crippen LogP contribution in [0.5, 0.6) is 0 Å². The van der Waals surface area contributed by atoms with Gasteiger partial charge in [-0.3, -0.25) is 9.69 Å². The smallest absolute Gasteiger partial charge is 0.228 e. The molecule has 3 nitrogen and oxygen atoms in total. The van der Waals surface area contributed by atoms with Gasteiger partial charge in [-0.1, -0.05) is 34.1 Å². The first kappa shape index (κ1) is 11.7. The number of hydrogen-bond acceptors (Lipinski definition) is 2. The standard InChI is InChI=1S/C14H13BrN2O/c15-8-10-7-14(18)17(9-10)13-6-5-11-3-1-2-4-12(11)16-13/h1-6,10H,7-9H2. The molecule has 1 fully saturated rings. The number of para-hydroxylation sites is 1. The topological polar surface area (TPSA) is 33.2 Å². The normalized spacial score (nSPS) is 19.7. The Bertz CT molecular complexity index is 599. The Labute approximate surface area is 114 Å². The molecule has 0 saturated carbocycles. The van der Waals surface area contributed by atoms with Crippen molar-refractivity contribution in [3.63, 3.8) is 0 Å². The van der Waals surface area contributed by atoms with Crippen LogP contribution in [0, 0.1) is 5.92 Å². The van der Waals surface area contributed by atoms with Crippen molar-refractivity contribution in [2.45, 2.75) is 6.42 Å². The molecule has 0 aliphatic carbocycles. The molecule has 0 bridgehead atoms. The minimum atomic E-state index is 0.169. The van der Waals surface area contributed by atoms with E-state index in [1.165, 1.54) is 0 Å². The number of alkyl halides is 1. The molecule has 1 saturated heterocycles. The quantitative estimate of drug-likeness (QED) is 0.799. The number of carbonyl (C=O) groups is 1. The average Bonchev–Trinajstić information content (AvgIpc) is 2.79. The number of carbonyl (C=O) groups excluding carboxylic acids is 1. The molecule has 4 heteroatoms. The summed E-state index contributed by atoms with van der Waals surface area (Å²) in [4.78, 5) is 18.3. The predicted molar refractivity (Wildman–Crippen MR) is 76.0 cm³/mol. The Morgan fingerprint density at radius 1 is 1.28 bits per heavy atom. The Morgan fingerprint density at radius 2 is 2.11 bits per heavy atom. The lowest BCUT2D eigenvalue weighted by atomic mass is 10.2. The number of amides is 1. The highest BCUT2D eigenvalue weighted by Gasteiger charge is 2.30. The molecule has 0 radical (unpaired) electrons. The Morgan fingerprint density at radius 3 is 2.89 bits per heavy atom. The van der Waals surface area contributed by atoms with Crippen LogP contribution < -0.4 is 4.90 Å². The summed E-state index contributed by atoms with van der Waals surface area (Å²) in [5, 5.41) is 1.97. The van der Waals surface area contributed by atoms with Gasteiger partial charge in [-0.05, 0) is 24.1 Å². The first-order valence-electron chi connectivity index (χ1n) is 6.00. The molecule has 1 atom stereocenters. The Balaban J connectivity index is 1.97. The predicted octanol–water partition coefficient (Wildman–Crippen LogP) is 2.98. The second-order valence-electron chi connectivity index (χ2n) is 4.59. The lowest BCUT2D eigenvalue weighted by molar-refractivity contribution is -0.117. The number of anilines is 1. The fraction of sp³-hybridized carbons (Fsp3) is 0.286. The van der Waals surface area contributed by atoms with Gasteiger partial charge < -0.3 is 0 Å². The van der Waals surface area contributed by atoms with E-state index in [-0.39, 0.29) is 5.91 Å². The molecule has 3 rings (SSSR count). The van der Waals surface area contributed by atoms with Gasteiger partial charge in [0, 0.05) is 23.7 Å². The monoisotopic (exact) mass is 304 g/mol. The molecule has 92 valence electrons. The molecule has 0 spiro atoms. The number of benzene rings is 1. The van der Waals surface area contributed by atoms with E-state index in [2.05, 4.69) is 20.9 Å². The molecule has 18 heavy (non-hydrogen) atoms. The lowest BCUT2D eigenvalue weighted by Gasteiger charge is -2.15. The highest BCUT2D eigenvalue weighted by molar-refractivity contribution is 9.09. The van der Waals surface area contributed by atoms with Crippen molar-refractivity contribution in [2.24, 2.45) is 5.92 Å². The van der Waals surface area contributed by atoms with Crippen LogP contribution in [0.4, 0.5) is 5.82 Å². The fourth-order valence-electron chi connectivity index (χ4n) is 2.31. The van der Waals surface area contributed by atoms with Gasteiger partial charge in [0.25, 0.3) is 0 Å². The summed E-state index contributed by atoms with van der Waals surface area (Å²) < 4.78 is 0. The van der Waals surface area contributed by atoms with Gasteiger partial charge in [-0.2, -0.15) is 0 Å². The molecule has 1 aromatic carbocycles. The van der Waals surface area contributed by atoms with Gasteiger partial charge >= 0.3 is 0 Å². The van der Waals surface area contributed by atoms with E-state index < -0.39 is 0 Å². The molecule has 1 amide bonds. The van der Waals surface area contributed by atoms with Gasteiger partial charge in [0.15, 0.2) is 0 Å². The van der Waals surface area contributed by atoms with Crippen molar-refractivity contribution in [3.8, 4) is 0 Å². The molecular formula is C14H13BrN2O. The molecular weight excluding hydrogens is 292 g/mol. The van der Waals surface area contributed by atoms with Crippen molar-refractivity contribution < 1.29 is 4.79 Å². The summed E-state index contributed by atoms with van der Waals surface area (Å²) in [6, 6.07) is 11.9. The van der Waals surface area contributed by atoms with Crippen LogP contribution >= 0.6 is 15.9 Å². The molecule has 2 aromatic rings. The van der Waals surface area contributed by atoms with Gasteiger partial charge in [0.05, 0.1) is 5.52 Å². The van der Waals surface area contributed by atoms with Crippen LogP contribution in [-0.2, 0) is 4.79 Å². The Kier molecular flexibility index (Phi) is 3.04. The van der Waals surface area contributed by atoms with Crippen molar-refractivity contribution in [1.29, 1.82) is 0 Å². The Hall–Kier alpha value is -1.42. The minimum Gasteiger partial charge on any atom is -0.296 e. The van der Waals surface area contributed by atoms with Crippen LogP contribution in [0.3, 0.4) is 0 Å². The second kappa shape index (κ2) is 4.69. The molecule has 1 aliphatic rings. The van der Waals surface area contributed by atoms with E-state index in [0.717, 1.165) is 28.6 Å². The third kappa shape index (κ3) is 2.01. The van der Waals surface area contributed by atoms with Crippen LogP contribution in [0.2, 0.25) is 0 Å². The average molecular weight is 305 g/mol. The first-order valence-corrected chi connectivity index (χ1v) is 7.12. The van der Waals surface area contributed by atoms with Crippen molar-refractivity contribution in [1.82, 2.24) is 4.98 Å². The van der Waals surface area contributed by atoms with E-state index in [1.54, 1.807) is 4.90 Å². The lowest BCUT2D eigenvalue weighted by Crippen LogP contribution is -2.25. The number of hydrogen-bond donors (Lipinski definition) is 0. The van der Waals surface area contributed by atoms with Gasteiger partial charge in [-0.15, -0.1) is 0 Å². The zero-order chi connectivity index (χ0) is 12.5. The molecule has 1 aromatic heterocycles. The highest BCUT2D eigenvalue weighted by atomic mass is 79.9. The van der Waals surface area contributed by atoms with Gasteiger partial charge in [0.2, 0.25) is 5.91 Å². The third-order valence-electron chi connectivity index (χ3n) is 3.28. The van der Waals surface area contributed by atoms with Crippen LogP contribution in [-0.4, -0.2) is 22.8 Å². The molecule has 1 aliphatic heterocycles. The number of pyridine rings is 1. The number of halogens is 1. The maximum absolute atomic E-state index is 11.9. The first-order chi connectivity index (χ1) is 8.78. The number of nitrogens with zero attached hydrogens (tertiary/aromatic N) is 2. The second-order valence-corrected chi connectivity index (χ2v) is 5.24. The molecule has 0 N–H and O–H groups in total. The van der Waals surface area contributed by atoms with Gasteiger partial charge in [0.1, 0.15) is 5.82 Å². The van der Waals surface area contributed by atoms with Crippen molar-refractivity contribution >= 4 is 38.6 Å². The van der Waals surface area contributed by atoms with Crippen LogP contribution in [0.15, 0.2) is 36.4 Å². The summed E-state index contributed by atoms with van der Waals surface area (Å²) in [6.45, 7) is 0.759. The SMILES string of the molecule is O=C1CC(CBr)CN1c1ccc2ccccc2n1. The maximum atomic E-state index is 11.9. The summed E-state index contributed by atoms with van der Waals surface area (Å²) >= 11 is 3.44. The molecule has 2 heterocycles. The van der Waals surface area contributed by atoms with E-state index in [9.17, 15) is 4.79 Å². The molecule has 1 unspecified atom stereocenters. The summed E-state index contributed by atoms with van der Waals surface area (Å²) in [7, 11) is 0. The van der Waals surface area contributed by atoms with Crippen molar-refractivity contribution in [3.05, 3.63) is 36.4 Å². The zero-order valence-corrected chi connectivity index (χ0v) is 11.4. The number of rotatable bonds is 2. The van der Waals surface area contributed by atoms with E-state index in [0.29, 0.717) is 12.3 Å². The minimum absolute atomic E-state index is 0.169. The third-order valence-corrected chi connectivity index (χ3v) is 4.20. The largest absolute Gasteiger partial charge is 0.296 e. The fourth-order valence-corrected chi connectivity index (χ4v) is 2.75. The van der Waals surface area contributed by atoms with Crippen LogP contribution in [0.25, 0.3) is 10.9 Å². The summed E-state index contributed by atoms with van der Waals surface area (Å²) in [5.41, 5.74) is 0.935. The number of fused-ring (bicyclic) bond motifs is 1. The summed E-state index contributed by atoms with van der Waals surface area (Å²) in [5.74, 6) is 1.33. The number of aromatic nitrogens is 1. The highest BCUT2D eigenvalue weighted by Crippen LogP contribution is 2.26. The maximum Gasteiger partial charge on any atom is 0.228 e.